The minimum absolute atomic E-state index is 0.0226. The number of carbonyl (C=O) groups is 3. The number of rotatable bonds is 8. The topological polar surface area (TPSA) is 91.6 Å². The van der Waals surface area contributed by atoms with Gasteiger partial charge in [-0.15, -0.1) is 0 Å². The lowest BCUT2D eigenvalue weighted by molar-refractivity contribution is -0.128. The smallest absolute Gasteiger partial charge is 0.253 e. The van der Waals surface area contributed by atoms with Crippen molar-refractivity contribution in [3.8, 4) is 0 Å². The molecule has 0 spiro atoms. The fraction of sp³-hybridized carbons (Fsp3) is 0.240. The molecule has 1 aliphatic heterocycles. The van der Waals surface area contributed by atoms with Gasteiger partial charge in [0.05, 0.1) is 30.0 Å². The molecule has 32 heavy (non-hydrogen) atoms. The molecule has 7 heteroatoms. The molecule has 0 saturated carbocycles. The van der Waals surface area contributed by atoms with Crippen molar-refractivity contribution >= 4 is 23.4 Å². The van der Waals surface area contributed by atoms with E-state index in [9.17, 15) is 14.4 Å². The van der Waals surface area contributed by atoms with Crippen LogP contribution in [-0.2, 0) is 22.6 Å². The van der Waals surface area contributed by atoms with Crippen molar-refractivity contribution in [1.82, 2.24) is 10.2 Å². The third-order valence-electron chi connectivity index (χ3n) is 5.53. The third kappa shape index (κ3) is 5.24. The van der Waals surface area contributed by atoms with E-state index in [0.29, 0.717) is 30.1 Å². The predicted molar refractivity (Wildman–Crippen MR) is 120 cm³/mol. The number of anilines is 1. The molecule has 1 aromatic heterocycles. The van der Waals surface area contributed by atoms with Crippen molar-refractivity contribution in [3.63, 3.8) is 0 Å². The lowest BCUT2D eigenvalue weighted by Crippen LogP contribution is -2.30. The SMILES string of the molecule is O=C(NCc1ccco1)c1ccccc1NC(=O)[C@@H]1CC(=O)N(CCc2ccccc2)C1. The number of nitrogens with zero attached hydrogens (tertiary/aromatic N) is 1. The molecule has 2 aromatic carbocycles. The highest BCUT2D eigenvalue weighted by molar-refractivity contribution is 6.05. The molecule has 1 atom stereocenters. The van der Waals surface area contributed by atoms with Gasteiger partial charge in [-0.05, 0) is 36.2 Å². The van der Waals surface area contributed by atoms with E-state index in [0.717, 1.165) is 12.0 Å². The van der Waals surface area contributed by atoms with Crippen LogP contribution >= 0.6 is 0 Å². The van der Waals surface area contributed by atoms with Gasteiger partial charge in [0.25, 0.3) is 5.91 Å². The number of nitrogens with one attached hydrogen (secondary N) is 2. The molecule has 4 rings (SSSR count). The fourth-order valence-corrected chi connectivity index (χ4v) is 3.77. The molecule has 1 fully saturated rings. The van der Waals surface area contributed by atoms with Crippen LogP contribution in [0.1, 0.15) is 28.1 Å². The van der Waals surface area contributed by atoms with Gasteiger partial charge in [-0.3, -0.25) is 14.4 Å². The molecule has 1 saturated heterocycles. The molecule has 2 heterocycles. The zero-order valence-electron chi connectivity index (χ0n) is 17.6. The Hall–Kier alpha value is -3.87. The Morgan fingerprint density at radius 1 is 1.00 bits per heavy atom. The van der Waals surface area contributed by atoms with Crippen LogP contribution in [0.3, 0.4) is 0 Å². The minimum atomic E-state index is -0.447. The first-order valence-electron chi connectivity index (χ1n) is 10.6. The summed E-state index contributed by atoms with van der Waals surface area (Å²) in [5, 5.41) is 5.62. The standard InChI is InChI=1S/C25H25N3O4/c29-23-15-19(17-28(23)13-12-18-7-2-1-3-8-18)24(30)27-22-11-5-4-10-21(22)25(31)26-16-20-9-6-14-32-20/h1-11,14,19H,12-13,15-17H2,(H,26,31)(H,27,30)/t19-/m1/s1. The largest absolute Gasteiger partial charge is 0.467 e. The molecule has 164 valence electrons. The van der Waals surface area contributed by atoms with Gasteiger partial charge in [0.15, 0.2) is 0 Å². The van der Waals surface area contributed by atoms with Gasteiger partial charge in [0, 0.05) is 19.5 Å². The quantitative estimate of drug-likeness (QED) is 0.573. The van der Waals surface area contributed by atoms with E-state index in [1.807, 2.05) is 30.3 Å². The number of carbonyl (C=O) groups excluding carboxylic acids is 3. The maximum Gasteiger partial charge on any atom is 0.253 e. The monoisotopic (exact) mass is 431 g/mol. The molecule has 0 bridgehead atoms. The van der Waals surface area contributed by atoms with E-state index in [-0.39, 0.29) is 30.7 Å². The van der Waals surface area contributed by atoms with Crippen LogP contribution < -0.4 is 10.6 Å². The summed E-state index contributed by atoms with van der Waals surface area (Å²) in [5.41, 5.74) is 1.94. The maximum atomic E-state index is 12.9. The predicted octanol–water partition coefficient (Wildman–Crippen LogP) is 3.24. The molecule has 7 nitrogen and oxygen atoms in total. The average Bonchev–Trinajstić information content (AvgIpc) is 3.47. The molecule has 3 amide bonds. The second-order valence-electron chi connectivity index (χ2n) is 7.77. The van der Waals surface area contributed by atoms with E-state index >= 15 is 0 Å². The Balaban J connectivity index is 1.34. The molecular weight excluding hydrogens is 406 g/mol. The van der Waals surface area contributed by atoms with Crippen molar-refractivity contribution in [2.75, 3.05) is 18.4 Å². The van der Waals surface area contributed by atoms with Crippen molar-refractivity contribution in [3.05, 3.63) is 89.9 Å². The van der Waals surface area contributed by atoms with Crippen molar-refractivity contribution in [2.24, 2.45) is 5.92 Å². The third-order valence-corrected chi connectivity index (χ3v) is 5.53. The number of hydrogen-bond acceptors (Lipinski definition) is 4. The van der Waals surface area contributed by atoms with E-state index < -0.39 is 5.92 Å². The normalized spacial score (nSPS) is 15.6. The molecule has 3 aromatic rings. The van der Waals surface area contributed by atoms with Crippen LogP contribution in [-0.4, -0.2) is 35.7 Å². The Morgan fingerprint density at radius 2 is 1.78 bits per heavy atom. The van der Waals surface area contributed by atoms with Gasteiger partial charge in [0.1, 0.15) is 5.76 Å². The van der Waals surface area contributed by atoms with Crippen LogP contribution in [0.5, 0.6) is 0 Å². The Labute approximate surface area is 186 Å². The number of benzene rings is 2. The molecule has 0 unspecified atom stereocenters. The Morgan fingerprint density at radius 3 is 2.56 bits per heavy atom. The minimum Gasteiger partial charge on any atom is -0.467 e. The molecule has 1 aliphatic rings. The van der Waals surface area contributed by atoms with Crippen LogP contribution in [0.4, 0.5) is 5.69 Å². The van der Waals surface area contributed by atoms with E-state index in [2.05, 4.69) is 10.6 Å². The summed E-state index contributed by atoms with van der Waals surface area (Å²) in [6.45, 7) is 1.21. The van der Waals surface area contributed by atoms with Gasteiger partial charge in [-0.1, -0.05) is 42.5 Å². The fourth-order valence-electron chi connectivity index (χ4n) is 3.77. The molecular formula is C25H25N3O4. The highest BCUT2D eigenvalue weighted by Crippen LogP contribution is 2.22. The second-order valence-corrected chi connectivity index (χ2v) is 7.77. The van der Waals surface area contributed by atoms with Gasteiger partial charge >= 0.3 is 0 Å². The summed E-state index contributed by atoms with van der Waals surface area (Å²) in [5.74, 6) is -0.404. The number of furan rings is 1. The molecule has 0 radical (unpaired) electrons. The highest BCUT2D eigenvalue weighted by Gasteiger charge is 2.34. The number of likely N-dealkylation sites (tertiary alicyclic amines) is 1. The van der Waals surface area contributed by atoms with Crippen molar-refractivity contribution in [1.29, 1.82) is 0 Å². The number of para-hydroxylation sites is 1. The first kappa shape index (κ1) is 21.4. The Bertz CT molecular complexity index is 1080. The average molecular weight is 431 g/mol. The van der Waals surface area contributed by atoms with Crippen LogP contribution in [0.2, 0.25) is 0 Å². The van der Waals surface area contributed by atoms with Crippen molar-refractivity contribution in [2.45, 2.75) is 19.4 Å². The lowest BCUT2D eigenvalue weighted by atomic mass is 10.1. The molecule has 2 N–H and O–H groups in total. The summed E-state index contributed by atoms with van der Waals surface area (Å²) in [6, 6.07) is 20.3. The van der Waals surface area contributed by atoms with Gasteiger partial charge in [-0.25, -0.2) is 0 Å². The summed E-state index contributed by atoms with van der Waals surface area (Å²) < 4.78 is 5.23. The molecule has 0 aliphatic carbocycles. The maximum absolute atomic E-state index is 12.9. The van der Waals surface area contributed by atoms with E-state index in [1.54, 1.807) is 47.6 Å². The second kappa shape index (κ2) is 9.96. The van der Waals surface area contributed by atoms with E-state index in [4.69, 9.17) is 4.42 Å². The number of hydrogen-bond donors (Lipinski definition) is 2. The van der Waals surface area contributed by atoms with Crippen LogP contribution in [0.15, 0.2) is 77.4 Å². The van der Waals surface area contributed by atoms with Gasteiger partial charge in [-0.2, -0.15) is 0 Å². The summed E-state index contributed by atoms with van der Waals surface area (Å²) in [6.07, 6.45) is 2.47. The number of amides is 3. The summed E-state index contributed by atoms with van der Waals surface area (Å²) in [7, 11) is 0. The lowest BCUT2D eigenvalue weighted by Gasteiger charge is -2.17. The zero-order chi connectivity index (χ0) is 22.3. The summed E-state index contributed by atoms with van der Waals surface area (Å²) in [4.78, 5) is 39.6. The highest BCUT2D eigenvalue weighted by atomic mass is 16.3. The van der Waals surface area contributed by atoms with Crippen molar-refractivity contribution < 1.29 is 18.8 Å². The first-order chi connectivity index (χ1) is 15.6. The first-order valence-corrected chi connectivity index (χ1v) is 10.6. The Kier molecular flexibility index (Phi) is 6.65. The summed E-state index contributed by atoms with van der Waals surface area (Å²) >= 11 is 0. The van der Waals surface area contributed by atoms with Crippen LogP contribution in [0, 0.1) is 5.92 Å². The van der Waals surface area contributed by atoms with Crippen LogP contribution in [0.25, 0.3) is 0 Å². The van der Waals surface area contributed by atoms with Gasteiger partial charge < -0.3 is 20.0 Å². The van der Waals surface area contributed by atoms with Gasteiger partial charge in [0.2, 0.25) is 11.8 Å². The van der Waals surface area contributed by atoms with E-state index in [1.165, 1.54) is 0 Å². The zero-order valence-corrected chi connectivity index (χ0v) is 17.6.